The number of fused-ring (bicyclic) bond motifs is 1. The van der Waals surface area contributed by atoms with E-state index < -0.39 is 23.1 Å². The molecular weight excluding hydrogens is 386 g/mol. The first-order valence-electron chi connectivity index (χ1n) is 8.72. The van der Waals surface area contributed by atoms with Gasteiger partial charge in [-0.3, -0.25) is 4.79 Å². The molecule has 0 spiro atoms. The fraction of sp³-hybridized carbons (Fsp3) is 0.316. The molecule has 0 unspecified atom stereocenters. The van der Waals surface area contributed by atoms with E-state index in [0.717, 1.165) is 12.3 Å². The number of carbonyl (C=O) groups excluding carboxylic acids is 1. The van der Waals surface area contributed by atoms with Crippen LogP contribution in [-0.2, 0) is 10.3 Å². The van der Waals surface area contributed by atoms with Gasteiger partial charge in [-0.15, -0.1) is 0 Å². The molecule has 0 aliphatic carbocycles. The Balaban J connectivity index is 1.68. The number of anilines is 1. The van der Waals surface area contributed by atoms with Crippen LogP contribution in [0.25, 0.3) is 0 Å². The van der Waals surface area contributed by atoms with Crippen LogP contribution < -0.4 is 11.1 Å². The average Bonchev–Trinajstić information content (AvgIpc) is 3.00. The molecule has 3 N–H and O–H groups in total. The molecular formula is C19H18F2N4O2S. The van der Waals surface area contributed by atoms with Crippen LogP contribution in [0.4, 0.5) is 14.5 Å². The molecule has 0 saturated carbocycles. The van der Waals surface area contributed by atoms with Crippen molar-refractivity contribution in [3.63, 3.8) is 0 Å². The number of amides is 1. The third-order valence-electron chi connectivity index (χ3n) is 5.12. The molecule has 1 aromatic carbocycles. The number of rotatable bonds is 3. The van der Waals surface area contributed by atoms with Crippen molar-refractivity contribution in [2.45, 2.75) is 18.6 Å². The van der Waals surface area contributed by atoms with Crippen molar-refractivity contribution in [2.24, 2.45) is 16.6 Å². The topological polar surface area (TPSA) is 89.6 Å². The lowest BCUT2D eigenvalue weighted by Crippen LogP contribution is -2.41. The van der Waals surface area contributed by atoms with E-state index in [1.165, 1.54) is 30.0 Å². The van der Waals surface area contributed by atoms with Gasteiger partial charge in [-0.25, -0.2) is 18.8 Å². The van der Waals surface area contributed by atoms with Crippen molar-refractivity contribution >= 4 is 28.5 Å². The van der Waals surface area contributed by atoms with Crippen molar-refractivity contribution in [3.8, 4) is 0 Å². The first kappa shape index (κ1) is 18.8. The number of hydrogen-bond donors (Lipinski definition) is 2. The monoisotopic (exact) mass is 404 g/mol. The van der Waals surface area contributed by atoms with Crippen LogP contribution in [0.3, 0.4) is 0 Å². The summed E-state index contributed by atoms with van der Waals surface area (Å²) in [5, 5.41) is 3.05. The second-order valence-corrected chi connectivity index (χ2v) is 7.86. The van der Waals surface area contributed by atoms with E-state index in [2.05, 4.69) is 15.3 Å². The number of nitrogens with zero attached hydrogens (tertiary/aromatic N) is 2. The second kappa shape index (κ2) is 7.14. The fourth-order valence-electron chi connectivity index (χ4n) is 3.64. The van der Waals surface area contributed by atoms with Crippen LogP contribution in [0.15, 0.2) is 41.5 Å². The van der Waals surface area contributed by atoms with Gasteiger partial charge in [0.2, 0.25) is 0 Å². The van der Waals surface area contributed by atoms with Crippen LogP contribution in [0.1, 0.15) is 23.0 Å². The minimum atomic E-state index is -0.923. The molecule has 3 heterocycles. The predicted molar refractivity (Wildman–Crippen MR) is 103 cm³/mol. The third kappa shape index (κ3) is 3.24. The number of hydrogen-bond acceptors (Lipinski definition) is 6. The molecule has 1 aromatic heterocycles. The number of amidine groups is 1. The molecule has 2 aliphatic heterocycles. The van der Waals surface area contributed by atoms with Crippen LogP contribution in [0, 0.1) is 17.6 Å². The number of halogens is 2. The van der Waals surface area contributed by atoms with Gasteiger partial charge < -0.3 is 15.8 Å². The van der Waals surface area contributed by atoms with Crippen molar-refractivity contribution in [2.75, 3.05) is 17.7 Å². The van der Waals surface area contributed by atoms with Crippen LogP contribution in [0.2, 0.25) is 0 Å². The van der Waals surface area contributed by atoms with Gasteiger partial charge in [0.05, 0.1) is 18.9 Å². The summed E-state index contributed by atoms with van der Waals surface area (Å²) < 4.78 is 33.6. The number of pyridine rings is 1. The highest BCUT2D eigenvalue weighted by Gasteiger charge is 2.52. The van der Waals surface area contributed by atoms with E-state index in [1.807, 2.05) is 6.92 Å². The predicted octanol–water partition coefficient (Wildman–Crippen LogP) is 2.90. The Morgan fingerprint density at radius 2 is 2.18 bits per heavy atom. The van der Waals surface area contributed by atoms with Crippen molar-refractivity contribution in [1.29, 1.82) is 0 Å². The number of aromatic nitrogens is 1. The molecule has 9 heteroatoms. The Labute approximate surface area is 164 Å². The van der Waals surface area contributed by atoms with Crippen LogP contribution >= 0.6 is 11.8 Å². The summed E-state index contributed by atoms with van der Waals surface area (Å²) in [5.74, 6) is -0.865. The molecule has 0 bridgehead atoms. The summed E-state index contributed by atoms with van der Waals surface area (Å²) >= 11 is 1.43. The van der Waals surface area contributed by atoms with E-state index in [9.17, 15) is 13.6 Å². The molecule has 1 saturated heterocycles. The first-order chi connectivity index (χ1) is 13.4. The summed E-state index contributed by atoms with van der Waals surface area (Å²) in [6.07, 6.45) is 0.869. The van der Waals surface area contributed by atoms with E-state index in [-0.39, 0.29) is 24.3 Å². The standard InChI is InChI=1S/C19H18F2N4O2S/c1-10-14-8-28-18(22)25-19(14,9-27-10)13-6-12(3-4-15(13)21)24-17(26)16-5-2-11(20)7-23-16/h2-7,10,14H,8-9H2,1H3,(H2,22,25)(H,24,26)/t10-,14+,19-/m0/s1. The lowest BCUT2D eigenvalue weighted by atomic mass is 9.79. The van der Waals surface area contributed by atoms with E-state index >= 15 is 0 Å². The van der Waals surface area contributed by atoms with E-state index in [4.69, 9.17) is 10.5 Å². The molecule has 2 aliphatic rings. The normalized spacial score (nSPS) is 26.5. The number of aliphatic imine (C=N–C) groups is 1. The number of nitrogens with one attached hydrogen (secondary N) is 1. The minimum absolute atomic E-state index is 0.0379. The number of nitrogens with two attached hydrogens (primary N) is 1. The molecule has 28 heavy (non-hydrogen) atoms. The fourth-order valence-corrected chi connectivity index (χ4v) is 4.76. The smallest absolute Gasteiger partial charge is 0.274 e. The molecule has 1 fully saturated rings. The Bertz CT molecular complexity index is 953. The van der Waals surface area contributed by atoms with E-state index in [0.29, 0.717) is 22.2 Å². The van der Waals surface area contributed by atoms with Crippen LogP contribution in [-0.4, -0.2) is 34.5 Å². The largest absolute Gasteiger partial charge is 0.379 e. The molecule has 6 nitrogen and oxygen atoms in total. The Morgan fingerprint density at radius 1 is 1.36 bits per heavy atom. The van der Waals surface area contributed by atoms with Gasteiger partial charge in [-0.1, -0.05) is 11.8 Å². The average molecular weight is 404 g/mol. The summed E-state index contributed by atoms with van der Waals surface area (Å²) in [6, 6.07) is 6.72. The van der Waals surface area contributed by atoms with Gasteiger partial charge in [0.25, 0.3) is 5.91 Å². The zero-order chi connectivity index (χ0) is 19.9. The lowest BCUT2D eigenvalue weighted by molar-refractivity contribution is 0.102. The summed E-state index contributed by atoms with van der Waals surface area (Å²) in [6.45, 7) is 2.15. The molecule has 4 rings (SSSR count). The minimum Gasteiger partial charge on any atom is -0.379 e. The lowest BCUT2D eigenvalue weighted by Gasteiger charge is -2.35. The molecule has 3 atom stereocenters. The maximum absolute atomic E-state index is 14.8. The highest BCUT2D eigenvalue weighted by atomic mass is 32.2. The summed E-state index contributed by atoms with van der Waals surface area (Å²) in [7, 11) is 0. The summed E-state index contributed by atoms with van der Waals surface area (Å²) in [4.78, 5) is 20.7. The van der Waals surface area contributed by atoms with Gasteiger partial charge in [0.15, 0.2) is 5.17 Å². The third-order valence-corrected chi connectivity index (χ3v) is 6.03. The highest BCUT2D eigenvalue weighted by molar-refractivity contribution is 8.13. The van der Waals surface area contributed by atoms with Gasteiger partial charge in [-0.05, 0) is 37.3 Å². The van der Waals surface area contributed by atoms with Gasteiger partial charge in [0, 0.05) is 22.9 Å². The number of benzene rings is 1. The number of carbonyl (C=O) groups is 1. The number of thioether (sulfide) groups is 1. The second-order valence-electron chi connectivity index (χ2n) is 6.82. The van der Waals surface area contributed by atoms with Gasteiger partial charge in [0.1, 0.15) is 22.9 Å². The summed E-state index contributed by atoms with van der Waals surface area (Å²) in [5.41, 5.74) is 5.78. The van der Waals surface area contributed by atoms with E-state index in [1.54, 1.807) is 6.07 Å². The maximum Gasteiger partial charge on any atom is 0.274 e. The Morgan fingerprint density at radius 3 is 2.93 bits per heavy atom. The highest BCUT2D eigenvalue weighted by Crippen LogP contribution is 2.48. The Hall–Kier alpha value is -2.52. The van der Waals surface area contributed by atoms with Gasteiger partial charge >= 0.3 is 0 Å². The van der Waals surface area contributed by atoms with Crippen molar-refractivity contribution < 1.29 is 18.3 Å². The zero-order valence-corrected chi connectivity index (χ0v) is 15.8. The molecule has 1 amide bonds. The first-order valence-corrected chi connectivity index (χ1v) is 9.70. The maximum atomic E-state index is 14.8. The molecule has 146 valence electrons. The van der Waals surface area contributed by atoms with Crippen LogP contribution in [0.5, 0.6) is 0 Å². The molecule has 2 aromatic rings. The van der Waals surface area contributed by atoms with Gasteiger partial charge in [-0.2, -0.15) is 0 Å². The SMILES string of the molecule is C[C@@H]1OC[C@@]2(c3cc(NC(=O)c4ccc(F)cn4)ccc3F)N=C(N)SC[C@H]12. The quantitative estimate of drug-likeness (QED) is 0.821. The van der Waals surface area contributed by atoms with Crippen molar-refractivity contribution in [1.82, 2.24) is 4.98 Å². The van der Waals surface area contributed by atoms with Crippen molar-refractivity contribution in [3.05, 3.63) is 59.4 Å². The molecule has 0 radical (unpaired) electrons. The number of ether oxygens (including phenoxy) is 1. The zero-order valence-electron chi connectivity index (χ0n) is 15.0. The Kier molecular flexibility index (Phi) is 4.80.